The van der Waals surface area contributed by atoms with Crippen molar-refractivity contribution in [3.05, 3.63) is 66.9 Å². The van der Waals surface area contributed by atoms with Crippen molar-refractivity contribution in [2.45, 2.75) is 6.42 Å². The lowest BCUT2D eigenvalue weighted by atomic mass is 10.1. The van der Waals surface area contributed by atoms with Crippen molar-refractivity contribution in [2.24, 2.45) is 0 Å². The van der Waals surface area contributed by atoms with Crippen LogP contribution in [0.1, 0.15) is 11.3 Å². The molecule has 0 saturated carbocycles. The number of nitrogens with zero attached hydrogens (tertiary/aromatic N) is 4. The van der Waals surface area contributed by atoms with E-state index in [9.17, 15) is 0 Å². The van der Waals surface area contributed by atoms with E-state index in [-0.39, 0.29) is 0 Å². The van der Waals surface area contributed by atoms with Crippen LogP contribution in [0.2, 0.25) is 0 Å². The van der Waals surface area contributed by atoms with Crippen LogP contribution in [0.3, 0.4) is 0 Å². The summed E-state index contributed by atoms with van der Waals surface area (Å²) < 4.78 is 10.8. The van der Waals surface area contributed by atoms with E-state index in [1.807, 2.05) is 24.3 Å². The summed E-state index contributed by atoms with van der Waals surface area (Å²) in [5.74, 6) is 2.53. The van der Waals surface area contributed by atoms with Gasteiger partial charge in [-0.1, -0.05) is 31.4 Å². The normalized spacial score (nSPS) is 16.5. The second-order valence-electron chi connectivity index (χ2n) is 6.94. The molecule has 2 aliphatic heterocycles. The van der Waals surface area contributed by atoms with Crippen molar-refractivity contribution in [1.82, 2.24) is 9.97 Å². The van der Waals surface area contributed by atoms with Gasteiger partial charge in [0.05, 0.1) is 26.0 Å². The van der Waals surface area contributed by atoms with Crippen molar-refractivity contribution < 1.29 is 9.47 Å². The minimum Gasteiger partial charge on any atom is -0.497 e. The van der Waals surface area contributed by atoms with Gasteiger partial charge in [-0.25, -0.2) is 4.98 Å². The van der Waals surface area contributed by atoms with Gasteiger partial charge < -0.3 is 19.3 Å². The van der Waals surface area contributed by atoms with Crippen LogP contribution in [-0.4, -0.2) is 49.9 Å². The van der Waals surface area contributed by atoms with Crippen LogP contribution in [0, 0.1) is 0 Å². The average Bonchev–Trinajstić information content (AvgIpc) is 3.21. The number of benzene rings is 1. The first-order valence-electron chi connectivity index (χ1n) is 9.86. The van der Waals surface area contributed by atoms with Crippen LogP contribution >= 0.6 is 0 Å². The molecule has 6 heteroatoms. The summed E-state index contributed by atoms with van der Waals surface area (Å²) in [4.78, 5) is 14.4. The molecule has 1 saturated heterocycles. The molecule has 150 valence electrons. The summed E-state index contributed by atoms with van der Waals surface area (Å²) in [6, 6.07) is 8.09. The van der Waals surface area contributed by atoms with Crippen molar-refractivity contribution in [3.63, 3.8) is 0 Å². The Morgan fingerprint density at radius 2 is 1.86 bits per heavy atom. The van der Waals surface area contributed by atoms with Gasteiger partial charge in [0.2, 0.25) is 5.95 Å². The van der Waals surface area contributed by atoms with Gasteiger partial charge in [0.25, 0.3) is 0 Å². The number of aromatic nitrogens is 2. The molecule has 29 heavy (non-hydrogen) atoms. The highest BCUT2D eigenvalue weighted by molar-refractivity contribution is 5.80. The van der Waals surface area contributed by atoms with Crippen LogP contribution in [0.4, 0.5) is 17.5 Å². The molecule has 0 atom stereocenters. The first-order valence-corrected chi connectivity index (χ1v) is 9.86. The second kappa shape index (κ2) is 8.49. The summed E-state index contributed by atoms with van der Waals surface area (Å²) in [7, 11) is 1.68. The molecule has 1 aromatic carbocycles. The molecule has 0 unspecified atom stereocenters. The summed E-state index contributed by atoms with van der Waals surface area (Å²) in [5, 5.41) is 0. The third-order valence-electron chi connectivity index (χ3n) is 5.28. The van der Waals surface area contributed by atoms with Crippen LogP contribution < -0.4 is 14.5 Å². The molecule has 4 rings (SSSR count). The Hall–Kier alpha value is -3.12. The number of anilines is 3. The van der Waals surface area contributed by atoms with E-state index in [1.54, 1.807) is 13.2 Å². The fourth-order valence-corrected chi connectivity index (χ4v) is 3.77. The molecular weight excluding hydrogens is 364 g/mol. The maximum atomic E-state index is 5.50. The number of allylic oxidation sites excluding steroid dienone is 4. The van der Waals surface area contributed by atoms with E-state index in [0.29, 0.717) is 13.2 Å². The van der Waals surface area contributed by atoms with E-state index in [0.717, 1.165) is 66.1 Å². The summed E-state index contributed by atoms with van der Waals surface area (Å²) in [5.41, 5.74) is 4.13. The fraction of sp³-hybridized carbons (Fsp3) is 0.304. The Balaban J connectivity index is 1.81. The van der Waals surface area contributed by atoms with E-state index in [4.69, 9.17) is 19.4 Å². The number of hydrogen-bond donors (Lipinski definition) is 0. The quantitative estimate of drug-likeness (QED) is 0.700. The molecule has 0 aliphatic carbocycles. The highest BCUT2D eigenvalue weighted by Gasteiger charge is 2.29. The van der Waals surface area contributed by atoms with Gasteiger partial charge in [-0.2, -0.15) is 4.98 Å². The van der Waals surface area contributed by atoms with Crippen LogP contribution in [0.15, 0.2) is 55.7 Å². The summed E-state index contributed by atoms with van der Waals surface area (Å²) in [6.07, 6.45) is 6.44. The second-order valence-corrected chi connectivity index (χ2v) is 6.94. The Bertz CT molecular complexity index is 931. The van der Waals surface area contributed by atoms with Gasteiger partial charge in [-0.15, -0.1) is 0 Å². The number of morpholine rings is 1. The molecule has 0 spiro atoms. The molecule has 0 radical (unpaired) electrons. The first-order chi connectivity index (χ1) is 14.2. The van der Waals surface area contributed by atoms with Crippen molar-refractivity contribution >= 4 is 23.0 Å². The number of fused-ring (bicyclic) bond motifs is 1. The van der Waals surface area contributed by atoms with E-state index in [2.05, 4.69) is 35.1 Å². The van der Waals surface area contributed by atoms with Crippen molar-refractivity contribution in [2.75, 3.05) is 49.8 Å². The molecule has 1 aromatic heterocycles. The van der Waals surface area contributed by atoms with Gasteiger partial charge in [-0.3, -0.25) is 0 Å². The first kappa shape index (κ1) is 19.2. The maximum absolute atomic E-state index is 5.50. The summed E-state index contributed by atoms with van der Waals surface area (Å²) >= 11 is 0. The monoisotopic (exact) mass is 390 g/mol. The Kier molecular flexibility index (Phi) is 5.62. The van der Waals surface area contributed by atoms with Gasteiger partial charge in [0.15, 0.2) is 0 Å². The number of ether oxygens (including phenoxy) is 2. The third-order valence-corrected chi connectivity index (χ3v) is 5.28. The van der Waals surface area contributed by atoms with Crippen molar-refractivity contribution in [1.29, 1.82) is 0 Å². The average molecular weight is 390 g/mol. The van der Waals surface area contributed by atoms with Gasteiger partial charge in [-0.05, 0) is 30.7 Å². The van der Waals surface area contributed by atoms with Crippen molar-refractivity contribution in [3.8, 4) is 5.75 Å². The Morgan fingerprint density at radius 1 is 1.10 bits per heavy atom. The molecule has 2 aromatic rings. The lowest BCUT2D eigenvalue weighted by Gasteiger charge is -2.28. The smallest absolute Gasteiger partial charge is 0.228 e. The predicted molar refractivity (Wildman–Crippen MR) is 117 cm³/mol. The molecule has 6 nitrogen and oxygen atoms in total. The van der Waals surface area contributed by atoms with Crippen LogP contribution in [-0.2, 0) is 11.2 Å². The minimum atomic E-state index is 0.689. The molecule has 2 aliphatic rings. The number of methoxy groups -OCH3 is 1. The Morgan fingerprint density at radius 3 is 2.52 bits per heavy atom. The number of rotatable bonds is 6. The zero-order valence-electron chi connectivity index (χ0n) is 16.8. The topological polar surface area (TPSA) is 50.7 Å². The van der Waals surface area contributed by atoms with Gasteiger partial charge >= 0.3 is 0 Å². The lowest BCUT2D eigenvalue weighted by molar-refractivity contribution is 0.122. The molecule has 0 amide bonds. The zero-order valence-corrected chi connectivity index (χ0v) is 16.8. The largest absolute Gasteiger partial charge is 0.497 e. The van der Waals surface area contributed by atoms with Crippen LogP contribution in [0.25, 0.3) is 5.57 Å². The summed E-state index contributed by atoms with van der Waals surface area (Å²) in [6.45, 7) is 11.6. The highest BCUT2D eigenvalue weighted by atomic mass is 16.5. The fourth-order valence-electron chi connectivity index (χ4n) is 3.77. The highest BCUT2D eigenvalue weighted by Crippen LogP contribution is 2.38. The van der Waals surface area contributed by atoms with Crippen LogP contribution in [0.5, 0.6) is 5.75 Å². The number of hydrogen-bond acceptors (Lipinski definition) is 6. The molecule has 0 N–H and O–H groups in total. The SMILES string of the molecule is C=C/C=C(\C=C)c1nc(N2CCOCC2)nc2c1CCN2c1ccc(OC)cc1. The molecule has 1 fully saturated rings. The van der Waals surface area contributed by atoms with Gasteiger partial charge in [0, 0.05) is 36.5 Å². The minimum absolute atomic E-state index is 0.689. The van der Waals surface area contributed by atoms with Gasteiger partial charge in [0.1, 0.15) is 11.6 Å². The molecule has 0 bridgehead atoms. The zero-order chi connectivity index (χ0) is 20.2. The van der Waals surface area contributed by atoms with E-state index < -0.39 is 0 Å². The maximum Gasteiger partial charge on any atom is 0.228 e. The van der Waals surface area contributed by atoms with E-state index >= 15 is 0 Å². The Labute approximate surface area is 171 Å². The third kappa shape index (κ3) is 3.76. The molecular formula is C23H26N4O2. The lowest BCUT2D eigenvalue weighted by Crippen LogP contribution is -2.37. The van der Waals surface area contributed by atoms with E-state index in [1.165, 1.54) is 0 Å². The molecule has 3 heterocycles. The standard InChI is InChI=1S/C23H26N4O2/c1-4-6-17(5-2)21-20-11-12-27(18-7-9-19(28-3)10-8-18)22(20)25-23(24-21)26-13-15-29-16-14-26/h4-10H,1-2,11-16H2,3H3/b17-6+. The predicted octanol–water partition coefficient (Wildman–Crippen LogP) is 3.77.